The van der Waals surface area contributed by atoms with E-state index in [-0.39, 0.29) is 11.3 Å². The van der Waals surface area contributed by atoms with Crippen LogP contribution in [-0.2, 0) is 10.2 Å². The van der Waals surface area contributed by atoms with Crippen LogP contribution in [0.4, 0.5) is 0 Å². The normalized spacial score (nSPS) is 29.0. The van der Waals surface area contributed by atoms with E-state index >= 15 is 0 Å². The van der Waals surface area contributed by atoms with Crippen molar-refractivity contribution in [3.63, 3.8) is 0 Å². The largest absolute Gasteiger partial charge is 0.341 e. The summed E-state index contributed by atoms with van der Waals surface area (Å²) in [4.78, 5) is 19.8. The Morgan fingerprint density at radius 2 is 2.00 bits per heavy atom. The second-order valence-electron chi connectivity index (χ2n) is 8.26. The lowest BCUT2D eigenvalue weighted by Crippen LogP contribution is -2.51. The highest BCUT2D eigenvalue weighted by Crippen LogP contribution is 2.46. The van der Waals surface area contributed by atoms with Gasteiger partial charge in [-0.3, -0.25) is 4.79 Å². The van der Waals surface area contributed by atoms with Gasteiger partial charge in [0, 0.05) is 25.9 Å². The van der Waals surface area contributed by atoms with Gasteiger partial charge >= 0.3 is 0 Å². The minimum absolute atomic E-state index is 0.0818. The molecular weight excluding hydrogens is 302 g/mol. The highest BCUT2D eigenvalue weighted by atomic mass is 16.5. The molecule has 2 heterocycles. The summed E-state index contributed by atoms with van der Waals surface area (Å²) in [5.41, 5.74) is -0.0818. The fourth-order valence-corrected chi connectivity index (χ4v) is 4.76. The second-order valence-corrected chi connectivity index (χ2v) is 8.26. The third-order valence-corrected chi connectivity index (χ3v) is 6.22. The molecule has 5 nitrogen and oxygen atoms in total. The van der Waals surface area contributed by atoms with Crippen LogP contribution in [-0.4, -0.2) is 34.0 Å². The molecule has 1 atom stereocenters. The molecule has 1 unspecified atom stereocenters. The summed E-state index contributed by atoms with van der Waals surface area (Å²) in [5, 5.41) is 4.27. The zero-order chi connectivity index (χ0) is 16.6. The van der Waals surface area contributed by atoms with Crippen molar-refractivity contribution in [2.45, 2.75) is 76.5 Å². The van der Waals surface area contributed by atoms with Gasteiger partial charge in [-0.05, 0) is 38.0 Å². The average Bonchev–Trinajstić information content (AvgIpc) is 3.31. The Bertz CT molecular complexity index is 589. The lowest BCUT2D eigenvalue weighted by Gasteiger charge is -2.42. The third-order valence-electron chi connectivity index (χ3n) is 6.22. The molecule has 0 aromatic carbocycles. The summed E-state index contributed by atoms with van der Waals surface area (Å²) in [6.07, 6.45) is 11.7. The molecule has 0 radical (unpaired) electrons. The van der Waals surface area contributed by atoms with Crippen molar-refractivity contribution >= 4 is 5.91 Å². The van der Waals surface area contributed by atoms with E-state index < -0.39 is 0 Å². The molecule has 1 aliphatic heterocycles. The first kappa shape index (κ1) is 16.1. The van der Waals surface area contributed by atoms with Crippen LogP contribution in [0.5, 0.6) is 0 Å². The number of rotatable bonds is 4. The number of aromatic nitrogens is 2. The van der Waals surface area contributed by atoms with E-state index in [1.807, 2.05) is 6.92 Å². The molecule has 1 amide bonds. The van der Waals surface area contributed by atoms with Crippen molar-refractivity contribution in [3.05, 3.63) is 11.7 Å². The van der Waals surface area contributed by atoms with Crippen LogP contribution in [0.1, 0.15) is 75.9 Å². The van der Waals surface area contributed by atoms with E-state index in [1.165, 1.54) is 32.1 Å². The van der Waals surface area contributed by atoms with Gasteiger partial charge in [0.05, 0.1) is 5.41 Å². The van der Waals surface area contributed by atoms with Crippen molar-refractivity contribution in [2.24, 2.45) is 11.8 Å². The number of hydrogen-bond donors (Lipinski definition) is 0. The van der Waals surface area contributed by atoms with Gasteiger partial charge in [0.25, 0.3) is 0 Å². The number of piperidine rings is 1. The Morgan fingerprint density at radius 3 is 2.67 bits per heavy atom. The predicted octanol–water partition coefficient (Wildman–Crippen LogP) is 3.62. The summed E-state index contributed by atoms with van der Waals surface area (Å²) in [6.45, 7) is 3.55. The molecule has 0 N–H and O–H groups in total. The maximum absolute atomic E-state index is 13.0. The number of carbonyl (C=O) groups is 1. The summed E-state index contributed by atoms with van der Waals surface area (Å²) < 4.78 is 5.29. The molecule has 2 saturated carbocycles. The van der Waals surface area contributed by atoms with E-state index in [0.29, 0.717) is 11.8 Å². The van der Waals surface area contributed by atoms with E-state index in [1.54, 1.807) is 0 Å². The molecule has 2 aliphatic carbocycles. The smallest absolute Gasteiger partial charge is 0.225 e. The van der Waals surface area contributed by atoms with Gasteiger partial charge < -0.3 is 9.42 Å². The molecule has 1 aromatic heterocycles. The summed E-state index contributed by atoms with van der Waals surface area (Å²) in [6, 6.07) is 0. The topological polar surface area (TPSA) is 59.2 Å². The van der Waals surface area contributed by atoms with Gasteiger partial charge in [0.1, 0.15) is 0 Å². The molecule has 5 heteroatoms. The summed E-state index contributed by atoms with van der Waals surface area (Å²) in [7, 11) is 0. The number of hydrogen-bond acceptors (Lipinski definition) is 4. The Hall–Kier alpha value is -1.39. The van der Waals surface area contributed by atoms with Crippen LogP contribution in [0.2, 0.25) is 0 Å². The van der Waals surface area contributed by atoms with Gasteiger partial charge in [-0.25, -0.2) is 0 Å². The number of carbonyl (C=O) groups excluding carboxylic acids is 1. The standard InChI is InChI=1S/C19H29N3O2/c1-14-20-18(21-24-14)19(12-15-8-9-15)10-5-11-22(13-19)17(23)16-6-3-2-4-7-16/h15-16H,2-13H2,1H3. The zero-order valence-corrected chi connectivity index (χ0v) is 14.8. The highest BCUT2D eigenvalue weighted by molar-refractivity contribution is 5.79. The lowest BCUT2D eigenvalue weighted by molar-refractivity contribution is -0.139. The molecule has 0 bridgehead atoms. The maximum atomic E-state index is 13.0. The van der Waals surface area contributed by atoms with Crippen LogP contribution in [0.25, 0.3) is 0 Å². The lowest BCUT2D eigenvalue weighted by atomic mass is 9.74. The molecule has 4 rings (SSSR count). The van der Waals surface area contributed by atoms with Crippen LogP contribution in [0.15, 0.2) is 4.52 Å². The number of amides is 1. The third kappa shape index (κ3) is 3.22. The molecule has 3 aliphatic rings. The minimum Gasteiger partial charge on any atom is -0.341 e. The van der Waals surface area contributed by atoms with Gasteiger partial charge in [0.2, 0.25) is 11.8 Å². The Balaban J connectivity index is 1.54. The van der Waals surface area contributed by atoms with Crippen molar-refractivity contribution in [1.82, 2.24) is 15.0 Å². The summed E-state index contributed by atoms with van der Waals surface area (Å²) in [5.74, 6) is 2.90. The molecule has 1 aromatic rings. The quantitative estimate of drug-likeness (QED) is 0.845. The Kier molecular flexibility index (Phi) is 4.35. The Labute approximate surface area is 144 Å². The first-order valence-electron chi connectivity index (χ1n) is 9.76. The average molecular weight is 331 g/mol. The van der Waals surface area contributed by atoms with Gasteiger partial charge in [-0.15, -0.1) is 0 Å². The van der Waals surface area contributed by atoms with E-state index in [9.17, 15) is 4.79 Å². The van der Waals surface area contributed by atoms with Gasteiger partial charge in [0.15, 0.2) is 5.82 Å². The number of likely N-dealkylation sites (tertiary alicyclic amines) is 1. The van der Waals surface area contributed by atoms with Crippen molar-refractivity contribution in [2.75, 3.05) is 13.1 Å². The van der Waals surface area contributed by atoms with Crippen molar-refractivity contribution < 1.29 is 9.32 Å². The van der Waals surface area contributed by atoms with Crippen LogP contribution < -0.4 is 0 Å². The number of nitrogens with zero attached hydrogens (tertiary/aromatic N) is 3. The van der Waals surface area contributed by atoms with E-state index in [0.717, 1.165) is 56.9 Å². The molecular formula is C19H29N3O2. The Morgan fingerprint density at radius 1 is 1.21 bits per heavy atom. The van der Waals surface area contributed by atoms with E-state index in [4.69, 9.17) is 4.52 Å². The van der Waals surface area contributed by atoms with E-state index in [2.05, 4.69) is 15.0 Å². The zero-order valence-electron chi connectivity index (χ0n) is 14.8. The van der Waals surface area contributed by atoms with Gasteiger partial charge in [-0.1, -0.05) is 37.3 Å². The van der Waals surface area contributed by atoms with Crippen LogP contribution in [0, 0.1) is 18.8 Å². The molecule has 1 saturated heterocycles. The fourth-order valence-electron chi connectivity index (χ4n) is 4.76. The monoisotopic (exact) mass is 331 g/mol. The molecule has 0 spiro atoms. The van der Waals surface area contributed by atoms with Crippen molar-refractivity contribution in [3.8, 4) is 0 Å². The molecule has 132 valence electrons. The second kappa shape index (κ2) is 6.49. The minimum atomic E-state index is -0.0818. The first-order valence-corrected chi connectivity index (χ1v) is 9.76. The fraction of sp³-hybridized carbons (Fsp3) is 0.842. The molecule has 3 fully saturated rings. The first-order chi connectivity index (χ1) is 11.7. The highest BCUT2D eigenvalue weighted by Gasteiger charge is 2.46. The van der Waals surface area contributed by atoms with Gasteiger partial charge in [-0.2, -0.15) is 4.98 Å². The van der Waals surface area contributed by atoms with Crippen molar-refractivity contribution in [1.29, 1.82) is 0 Å². The van der Waals surface area contributed by atoms with Crippen LogP contribution in [0.3, 0.4) is 0 Å². The maximum Gasteiger partial charge on any atom is 0.225 e. The predicted molar refractivity (Wildman–Crippen MR) is 90.4 cm³/mol. The SMILES string of the molecule is Cc1nc(C2(CC3CC3)CCCN(C(=O)C3CCCCC3)C2)no1. The summed E-state index contributed by atoms with van der Waals surface area (Å²) >= 11 is 0. The van der Waals surface area contributed by atoms with Crippen LogP contribution >= 0.6 is 0 Å². The number of aryl methyl sites for hydroxylation is 1. The molecule has 24 heavy (non-hydrogen) atoms.